The molecule has 0 aliphatic carbocycles. The Bertz CT molecular complexity index is 967. The van der Waals surface area contributed by atoms with Crippen LogP contribution in [-0.2, 0) is 9.84 Å². The van der Waals surface area contributed by atoms with Crippen LogP contribution in [-0.4, -0.2) is 18.5 Å². The van der Waals surface area contributed by atoms with Gasteiger partial charge in [0, 0.05) is 10.9 Å². The van der Waals surface area contributed by atoms with Crippen molar-refractivity contribution in [2.75, 3.05) is 0 Å². The van der Waals surface area contributed by atoms with E-state index >= 15 is 0 Å². The van der Waals surface area contributed by atoms with Crippen molar-refractivity contribution >= 4 is 20.7 Å². The SMILES string of the molecule is Cc1cccc2[nH]c(S(=O)(=O)c3ccc(O)cc3)c(C(C)C)c12. The molecule has 2 N–H and O–H groups in total. The van der Waals surface area contributed by atoms with E-state index in [1.807, 2.05) is 39.0 Å². The van der Waals surface area contributed by atoms with E-state index in [9.17, 15) is 13.5 Å². The monoisotopic (exact) mass is 329 g/mol. The summed E-state index contributed by atoms with van der Waals surface area (Å²) in [5.74, 6) is 0.104. The first-order valence-electron chi connectivity index (χ1n) is 7.47. The number of hydrogen-bond donors (Lipinski definition) is 2. The van der Waals surface area contributed by atoms with E-state index in [0.717, 1.165) is 22.0 Å². The molecular weight excluding hydrogens is 310 g/mol. The lowest BCUT2D eigenvalue weighted by atomic mass is 9.99. The van der Waals surface area contributed by atoms with Gasteiger partial charge in [-0.15, -0.1) is 0 Å². The Morgan fingerprint density at radius 2 is 1.70 bits per heavy atom. The zero-order valence-electron chi connectivity index (χ0n) is 13.3. The van der Waals surface area contributed by atoms with Crippen molar-refractivity contribution in [1.82, 2.24) is 4.98 Å². The number of aromatic amines is 1. The third-order valence-corrected chi connectivity index (χ3v) is 5.78. The summed E-state index contributed by atoms with van der Waals surface area (Å²) in [5, 5.41) is 10.6. The van der Waals surface area contributed by atoms with E-state index in [2.05, 4.69) is 4.98 Å². The fourth-order valence-corrected chi connectivity index (χ4v) is 4.54. The van der Waals surface area contributed by atoms with E-state index in [1.165, 1.54) is 24.3 Å². The van der Waals surface area contributed by atoms with Crippen LogP contribution in [0, 0.1) is 6.92 Å². The van der Waals surface area contributed by atoms with Gasteiger partial charge in [-0.1, -0.05) is 26.0 Å². The quantitative estimate of drug-likeness (QED) is 0.759. The van der Waals surface area contributed by atoms with Gasteiger partial charge < -0.3 is 10.1 Å². The van der Waals surface area contributed by atoms with Crippen LogP contribution in [0.2, 0.25) is 0 Å². The first-order valence-corrected chi connectivity index (χ1v) is 8.96. The van der Waals surface area contributed by atoms with Crippen molar-refractivity contribution < 1.29 is 13.5 Å². The lowest BCUT2D eigenvalue weighted by molar-refractivity contribution is 0.474. The van der Waals surface area contributed by atoms with Crippen molar-refractivity contribution in [3.63, 3.8) is 0 Å². The number of sulfone groups is 1. The molecule has 0 saturated heterocycles. The maximum absolute atomic E-state index is 13.0. The molecule has 0 aliphatic rings. The summed E-state index contributed by atoms with van der Waals surface area (Å²) < 4.78 is 26.1. The first kappa shape index (κ1) is 15.6. The van der Waals surface area contributed by atoms with Gasteiger partial charge in [0.1, 0.15) is 10.8 Å². The standard InChI is InChI=1S/C18H19NO3S/c1-11(2)16-17-12(3)5-4-6-15(17)19-18(16)23(21,22)14-9-7-13(20)8-10-14/h4-11,19-20H,1-3H3. The molecule has 2 aromatic carbocycles. The number of phenols is 1. The largest absolute Gasteiger partial charge is 0.508 e. The number of benzene rings is 2. The second-order valence-corrected chi connectivity index (χ2v) is 7.90. The van der Waals surface area contributed by atoms with Gasteiger partial charge in [-0.2, -0.15) is 0 Å². The molecular formula is C18H19NO3S. The minimum Gasteiger partial charge on any atom is -0.508 e. The molecule has 120 valence electrons. The Balaban J connectivity index is 2.33. The van der Waals surface area contributed by atoms with Crippen LogP contribution in [0.5, 0.6) is 5.75 Å². The Hall–Kier alpha value is -2.27. The van der Waals surface area contributed by atoms with E-state index < -0.39 is 9.84 Å². The van der Waals surface area contributed by atoms with Crippen LogP contribution in [0.1, 0.15) is 30.9 Å². The number of phenolic OH excluding ortho intramolecular Hbond substituents is 1. The molecule has 0 atom stereocenters. The molecule has 1 heterocycles. The Labute approximate surface area is 135 Å². The summed E-state index contributed by atoms with van der Waals surface area (Å²) in [4.78, 5) is 3.26. The average Bonchev–Trinajstić information content (AvgIpc) is 2.89. The fraction of sp³-hybridized carbons (Fsp3) is 0.222. The van der Waals surface area contributed by atoms with Crippen molar-refractivity contribution in [2.45, 2.75) is 36.6 Å². The maximum atomic E-state index is 13.0. The number of aromatic hydroxyl groups is 1. The van der Waals surface area contributed by atoms with Gasteiger partial charge in [0.05, 0.1) is 4.90 Å². The van der Waals surface area contributed by atoms with Crippen LogP contribution in [0.3, 0.4) is 0 Å². The van der Waals surface area contributed by atoms with Crippen molar-refractivity contribution in [3.05, 3.63) is 53.6 Å². The van der Waals surface area contributed by atoms with Crippen LogP contribution in [0.4, 0.5) is 0 Å². The van der Waals surface area contributed by atoms with Gasteiger partial charge in [0.15, 0.2) is 0 Å². The van der Waals surface area contributed by atoms with Crippen LogP contribution < -0.4 is 0 Å². The van der Waals surface area contributed by atoms with Crippen molar-refractivity contribution in [3.8, 4) is 5.75 Å². The predicted molar refractivity (Wildman–Crippen MR) is 90.7 cm³/mol. The zero-order chi connectivity index (χ0) is 16.8. The van der Waals surface area contributed by atoms with E-state index in [0.29, 0.717) is 0 Å². The first-order chi connectivity index (χ1) is 10.8. The third kappa shape index (κ3) is 2.51. The number of rotatable bonds is 3. The van der Waals surface area contributed by atoms with Crippen LogP contribution in [0.25, 0.3) is 10.9 Å². The van der Waals surface area contributed by atoms with Crippen molar-refractivity contribution in [2.24, 2.45) is 0 Å². The summed E-state index contributed by atoms with van der Waals surface area (Å²) in [5.41, 5.74) is 2.69. The number of H-pyrrole nitrogens is 1. The van der Waals surface area contributed by atoms with E-state index in [-0.39, 0.29) is 21.6 Å². The van der Waals surface area contributed by atoms with Gasteiger partial charge in [-0.05, 0) is 54.3 Å². The molecule has 0 bridgehead atoms. The molecule has 0 unspecified atom stereocenters. The highest BCUT2D eigenvalue weighted by Gasteiger charge is 2.27. The van der Waals surface area contributed by atoms with E-state index in [4.69, 9.17) is 0 Å². The highest BCUT2D eigenvalue weighted by Crippen LogP contribution is 2.36. The molecule has 0 fully saturated rings. The lowest BCUT2D eigenvalue weighted by Crippen LogP contribution is -2.06. The van der Waals surface area contributed by atoms with Gasteiger partial charge in [0.2, 0.25) is 9.84 Å². The molecule has 0 spiro atoms. The molecule has 3 rings (SSSR count). The topological polar surface area (TPSA) is 70.2 Å². The number of nitrogens with one attached hydrogen (secondary N) is 1. The van der Waals surface area contributed by atoms with Gasteiger partial charge in [0.25, 0.3) is 0 Å². The van der Waals surface area contributed by atoms with Gasteiger partial charge >= 0.3 is 0 Å². The molecule has 0 saturated carbocycles. The highest BCUT2D eigenvalue weighted by atomic mass is 32.2. The lowest BCUT2D eigenvalue weighted by Gasteiger charge is -2.10. The Morgan fingerprint density at radius 1 is 1.04 bits per heavy atom. The van der Waals surface area contributed by atoms with Gasteiger partial charge in [-0.25, -0.2) is 8.42 Å². The second-order valence-electron chi connectivity index (χ2n) is 6.02. The third-order valence-electron chi connectivity index (χ3n) is 4.03. The zero-order valence-corrected chi connectivity index (χ0v) is 14.1. The summed E-state index contributed by atoms with van der Waals surface area (Å²) in [7, 11) is -3.68. The van der Waals surface area contributed by atoms with Crippen LogP contribution in [0.15, 0.2) is 52.4 Å². The number of fused-ring (bicyclic) bond motifs is 1. The number of aromatic nitrogens is 1. The van der Waals surface area contributed by atoms with Crippen molar-refractivity contribution in [1.29, 1.82) is 0 Å². The smallest absolute Gasteiger partial charge is 0.222 e. The second kappa shape index (κ2) is 5.42. The molecule has 0 aliphatic heterocycles. The summed E-state index contributed by atoms with van der Waals surface area (Å²) in [6, 6.07) is 11.4. The number of hydrogen-bond acceptors (Lipinski definition) is 3. The summed E-state index contributed by atoms with van der Waals surface area (Å²) in [6.07, 6.45) is 0. The minimum atomic E-state index is -3.68. The van der Waals surface area contributed by atoms with Gasteiger partial charge in [-0.3, -0.25) is 0 Å². The molecule has 5 heteroatoms. The predicted octanol–water partition coefficient (Wildman–Crippen LogP) is 4.14. The molecule has 23 heavy (non-hydrogen) atoms. The average molecular weight is 329 g/mol. The molecule has 0 amide bonds. The van der Waals surface area contributed by atoms with Crippen LogP contribution >= 0.6 is 0 Å². The molecule has 4 nitrogen and oxygen atoms in total. The normalized spacial score (nSPS) is 12.2. The summed E-state index contributed by atoms with van der Waals surface area (Å²) in [6.45, 7) is 5.97. The maximum Gasteiger partial charge on any atom is 0.222 e. The molecule has 1 aromatic heterocycles. The molecule has 0 radical (unpaired) electrons. The minimum absolute atomic E-state index is 0.0422. The Morgan fingerprint density at radius 3 is 2.30 bits per heavy atom. The highest BCUT2D eigenvalue weighted by molar-refractivity contribution is 7.91. The van der Waals surface area contributed by atoms with E-state index in [1.54, 1.807) is 0 Å². The fourth-order valence-electron chi connectivity index (χ4n) is 2.94. The Kier molecular flexibility index (Phi) is 3.68. The number of aryl methyl sites for hydroxylation is 1. The molecule has 3 aromatic rings. The summed E-state index contributed by atoms with van der Waals surface area (Å²) >= 11 is 0.